The van der Waals surface area contributed by atoms with Gasteiger partial charge in [-0.25, -0.2) is 14.8 Å². The molecule has 0 aliphatic rings. The van der Waals surface area contributed by atoms with Gasteiger partial charge in [-0.3, -0.25) is 4.79 Å². The number of aromatic amines is 1. The number of nitrogens with zero attached hydrogens (tertiary/aromatic N) is 2. The van der Waals surface area contributed by atoms with E-state index in [1.165, 1.54) is 23.1 Å². The summed E-state index contributed by atoms with van der Waals surface area (Å²) in [6.45, 7) is 1.99. The fourth-order valence-electron chi connectivity index (χ4n) is 3.38. The van der Waals surface area contributed by atoms with Crippen molar-refractivity contribution < 1.29 is 19.1 Å². The maximum absolute atomic E-state index is 12.3. The zero-order valence-electron chi connectivity index (χ0n) is 18.6. The van der Waals surface area contributed by atoms with Gasteiger partial charge in [0.05, 0.1) is 23.4 Å². The molecule has 5 aromatic rings. The fourth-order valence-corrected chi connectivity index (χ4v) is 4.76. The van der Waals surface area contributed by atoms with Crippen molar-refractivity contribution in [1.29, 1.82) is 0 Å². The third kappa shape index (κ3) is 5.44. The predicted molar refractivity (Wildman–Crippen MR) is 138 cm³/mol. The van der Waals surface area contributed by atoms with Crippen LogP contribution in [0.2, 0.25) is 0 Å². The van der Waals surface area contributed by atoms with E-state index < -0.39 is 5.97 Å². The molecule has 8 nitrogen and oxygen atoms in total. The Morgan fingerprint density at radius 2 is 1.83 bits per heavy atom. The van der Waals surface area contributed by atoms with Gasteiger partial charge in [-0.05, 0) is 42.0 Å². The van der Waals surface area contributed by atoms with Crippen LogP contribution in [0.4, 0.5) is 5.13 Å². The van der Waals surface area contributed by atoms with E-state index in [9.17, 15) is 9.59 Å². The first-order chi connectivity index (χ1) is 17.1. The normalized spacial score (nSPS) is 11.0. The highest BCUT2D eigenvalue weighted by molar-refractivity contribution is 7.99. The third-order valence-corrected chi connectivity index (χ3v) is 6.59. The number of carbonyl (C=O) groups is 2. The topological polar surface area (TPSA) is 106 Å². The molecule has 2 aromatic heterocycles. The van der Waals surface area contributed by atoms with Gasteiger partial charge < -0.3 is 19.8 Å². The zero-order valence-corrected chi connectivity index (χ0v) is 20.2. The number of thiazole rings is 1. The summed E-state index contributed by atoms with van der Waals surface area (Å²) in [5.41, 5.74) is 1.77. The van der Waals surface area contributed by atoms with Crippen molar-refractivity contribution in [3.8, 4) is 11.5 Å². The monoisotopic (exact) mass is 504 g/mol. The maximum Gasteiger partial charge on any atom is 0.357 e. The number of H-pyrrole nitrogens is 1. The molecule has 176 valence electrons. The van der Waals surface area contributed by atoms with Crippen LogP contribution in [0, 0.1) is 0 Å². The first kappa shape index (κ1) is 22.9. The Labute approximate surface area is 208 Å². The van der Waals surface area contributed by atoms with Gasteiger partial charge in [-0.2, -0.15) is 0 Å². The molecule has 0 spiro atoms. The number of imidazole rings is 1. The number of hydrogen-bond acceptors (Lipinski definition) is 8. The number of ether oxygens (including phenoxy) is 2. The number of rotatable bonds is 8. The van der Waals surface area contributed by atoms with Crippen LogP contribution in [0.15, 0.2) is 71.2 Å². The number of nitrogens with one attached hydrogen (secondary N) is 2. The highest BCUT2D eigenvalue weighted by Crippen LogP contribution is 2.29. The number of aromatic nitrogens is 3. The second kappa shape index (κ2) is 10.2. The van der Waals surface area contributed by atoms with Crippen molar-refractivity contribution in [3.05, 3.63) is 71.7 Å². The second-order valence-electron chi connectivity index (χ2n) is 7.43. The fraction of sp³-hybridized carbons (Fsp3) is 0.120. The maximum atomic E-state index is 12.3. The van der Waals surface area contributed by atoms with Crippen molar-refractivity contribution in [1.82, 2.24) is 15.0 Å². The van der Waals surface area contributed by atoms with Crippen molar-refractivity contribution in [2.24, 2.45) is 0 Å². The van der Waals surface area contributed by atoms with Crippen LogP contribution in [0.25, 0.3) is 21.8 Å². The van der Waals surface area contributed by atoms with Crippen LogP contribution < -0.4 is 10.1 Å². The molecule has 0 fully saturated rings. The number of amides is 1. The smallest absolute Gasteiger partial charge is 0.357 e. The summed E-state index contributed by atoms with van der Waals surface area (Å²) >= 11 is 2.44. The number of anilines is 1. The number of fused-ring (bicyclic) bond motifs is 2. The van der Waals surface area contributed by atoms with E-state index in [0.717, 1.165) is 27.6 Å². The lowest BCUT2D eigenvalue weighted by Crippen LogP contribution is -2.14. The minimum Gasteiger partial charge on any atom is -0.461 e. The number of carbonyl (C=O) groups excluding carboxylic acids is 2. The van der Waals surface area contributed by atoms with E-state index in [-0.39, 0.29) is 24.0 Å². The Morgan fingerprint density at radius 3 is 2.69 bits per heavy atom. The first-order valence-electron chi connectivity index (χ1n) is 10.8. The Hall–Kier alpha value is -3.89. The lowest BCUT2D eigenvalue weighted by atomic mass is 10.1. The number of thioether (sulfide) groups is 1. The molecule has 0 aliphatic heterocycles. The SMILES string of the molecule is CCOC(=O)c1csc(NC(=O)CSc2nc3ccc(Oc4ccc5ccccc5c4)cc3[nH]2)n1. The Bertz CT molecular complexity index is 1530. The summed E-state index contributed by atoms with van der Waals surface area (Å²) in [5.74, 6) is 0.814. The van der Waals surface area contributed by atoms with Crippen molar-refractivity contribution in [2.75, 3.05) is 17.7 Å². The first-order valence-corrected chi connectivity index (χ1v) is 12.7. The lowest BCUT2D eigenvalue weighted by Gasteiger charge is -2.07. The molecule has 0 saturated carbocycles. The number of benzene rings is 3. The van der Waals surface area contributed by atoms with Crippen molar-refractivity contribution in [2.45, 2.75) is 12.1 Å². The van der Waals surface area contributed by atoms with Gasteiger partial charge in [0.15, 0.2) is 16.0 Å². The van der Waals surface area contributed by atoms with Crippen molar-refractivity contribution >= 4 is 61.9 Å². The minimum absolute atomic E-state index is 0.134. The van der Waals surface area contributed by atoms with E-state index >= 15 is 0 Å². The second-order valence-corrected chi connectivity index (χ2v) is 9.25. The van der Waals surface area contributed by atoms with Crippen LogP contribution >= 0.6 is 23.1 Å². The molecule has 0 saturated heterocycles. The summed E-state index contributed by atoms with van der Waals surface area (Å²) < 4.78 is 11.0. The summed E-state index contributed by atoms with van der Waals surface area (Å²) in [5, 5.41) is 7.47. The molecule has 0 bridgehead atoms. The van der Waals surface area contributed by atoms with Gasteiger partial charge in [-0.15, -0.1) is 11.3 Å². The number of esters is 1. The Morgan fingerprint density at radius 1 is 1.03 bits per heavy atom. The molecule has 2 N–H and O–H groups in total. The predicted octanol–water partition coefficient (Wildman–Crippen LogP) is 5.87. The molecule has 0 aliphatic carbocycles. The summed E-state index contributed by atoms with van der Waals surface area (Å²) in [7, 11) is 0. The average Bonchev–Trinajstić information content (AvgIpc) is 3.49. The van der Waals surface area contributed by atoms with Crippen LogP contribution in [-0.2, 0) is 9.53 Å². The van der Waals surface area contributed by atoms with Crippen LogP contribution in [0.3, 0.4) is 0 Å². The van der Waals surface area contributed by atoms with E-state index in [1.807, 2.05) is 54.6 Å². The molecule has 0 atom stereocenters. The summed E-state index contributed by atoms with van der Waals surface area (Å²) in [6.07, 6.45) is 0. The van der Waals surface area contributed by atoms with Crippen LogP contribution in [0.1, 0.15) is 17.4 Å². The molecular weight excluding hydrogens is 484 g/mol. The Kier molecular flexibility index (Phi) is 6.64. The van der Waals surface area contributed by atoms with Gasteiger partial charge in [0.2, 0.25) is 5.91 Å². The highest BCUT2D eigenvalue weighted by Gasteiger charge is 2.14. The van der Waals surface area contributed by atoms with Gasteiger partial charge >= 0.3 is 5.97 Å². The molecular formula is C25H20N4O4S2. The summed E-state index contributed by atoms with van der Waals surface area (Å²) in [6, 6.07) is 19.7. The van der Waals surface area contributed by atoms with Gasteiger partial charge in [0.25, 0.3) is 0 Å². The van der Waals surface area contributed by atoms with Crippen LogP contribution in [-0.4, -0.2) is 39.2 Å². The van der Waals surface area contributed by atoms with E-state index in [1.54, 1.807) is 12.3 Å². The Balaban J connectivity index is 1.20. The lowest BCUT2D eigenvalue weighted by molar-refractivity contribution is -0.113. The van der Waals surface area contributed by atoms with E-state index in [4.69, 9.17) is 9.47 Å². The largest absolute Gasteiger partial charge is 0.461 e. The molecule has 0 radical (unpaired) electrons. The molecule has 1 amide bonds. The van der Waals surface area contributed by atoms with E-state index in [2.05, 4.69) is 26.3 Å². The van der Waals surface area contributed by atoms with Gasteiger partial charge in [-0.1, -0.05) is 42.1 Å². The average molecular weight is 505 g/mol. The molecule has 3 aromatic carbocycles. The number of hydrogen-bond donors (Lipinski definition) is 2. The summed E-state index contributed by atoms with van der Waals surface area (Å²) in [4.78, 5) is 35.8. The standard InChI is InChI=1S/C25H20N4O4S2/c1-2-32-23(31)21-13-34-25(28-21)29-22(30)14-35-24-26-19-10-9-18(12-20(19)27-24)33-17-8-7-15-5-3-4-6-16(15)11-17/h3-13H,2,14H2,1H3,(H,26,27)(H,28,29,30). The zero-order chi connectivity index (χ0) is 24.2. The van der Waals surface area contributed by atoms with Gasteiger partial charge in [0.1, 0.15) is 11.5 Å². The quantitative estimate of drug-likeness (QED) is 0.201. The molecule has 0 unspecified atom stereocenters. The molecule has 2 heterocycles. The van der Waals surface area contributed by atoms with E-state index in [0.29, 0.717) is 16.0 Å². The molecule has 5 rings (SSSR count). The van der Waals surface area contributed by atoms with Crippen LogP contribution in [0.5, 0.6) is 11.5 Å². The third-order valence-electron chi connectivity index (χ3n) is 4.96. The van der Waals surface area contributed by atoms with Crippen molar-refractivity contribution in [3.63, 3.8) is 0 Å². The highest BCUT2D eigenvalue weighted by atomic mass is 32.2. The molecule has 35 heavy (non-hydrogen) atoms. The van der Waals surface area contributed by atoms with Gasteiger partial charge in [0, 0.05) is 11.4 Å². The minimum atomic E-state index is -0.509. The molecule has 10 heteroatoms.